The topological polar surface area (TPSA) is 104 Å². The van der Waals surface area contributed by atoms with E-state index in [0.717, 1.165) is 6.92 Å². The molecule has 7 nitrogen and oxygen atoms in total. The molecule has 0 aliphatic heterocycles. The maximum absolute atomic E-state index is 11.4. The molecule has 0 amide bonds. The lowest BCUT2D eigenvalue weighted by Gasteiger charge is -2.13. The Labute approximate surface area is 95.0 Å². The molecule has 0 N–H and O–H groups in total. The van der Waals surface area contributed by atoms with Crippen molar-refractivity contribution >= 4 is 26.0 Å². The SMILES string of the molecule is CCOS(=O)(=O)C(C(C)=O)S(=O)(=O)OCC. The molecule has 0 fully saturated rings. The zero-order valence-electron chi connectivity index (χ0n) is 9.17. The number of carbonyl (C=O) groups is 1. The molecule has 0 saturated heterocycles. The third-order valence-electron chi connectivity index (χ3n) is 1.42. The first-order chi connectivity index (χ1) is 7.19. The van der Waals surface area contributed by atoms with Crippen LogP contribution in [0.5, 0.6) is 0 Å². The van der Waals surface area contributed by atoms with Crippen LogP contribution in [-0.2, 0) is 33.4 Å². The van der Waals surface area contributed by atoms with Crippen molar-refractivity contribution < 1.29 is 30.0 Å². The summed E-state index contributed by atoms with van der Waals surface area (Å²) in [5.74, 6) is -1.07. The van der Waals surface area contributed by atoms with Crippen LogP contribution in [0.2, 0.25) is 0 Å². The van der Waals surface area contributed by atoms with Crippen molar-refractivity contribution in [2.45, 2.75) is 25.4 Å². The number of rotatable bonds is 7. The first-order valence-corrected chi connectivity index (χ1v) is 7.40. The molecule has 16 heavy (non-hydrogen) atoms. The van der Waals surface area contributed by atoms with Crippen LogP contribution in [0.1, 0.15) is 20.8 Å². The summed E-state index contributed by atoms with van der Waals surface area (Å²) in [6.45, 7) is 3.06. The molecule has 0 unspecified atom stereocenters. The fourth-order valence-electron chi connectivity index (χ4n) is 1.00. The zero-order chi connectivity index (χ0) is 13.0. The number of hydrogen-bond acceptors (Lipinski definition) is 7. The third kappa shape index (κ3) is 3.81. The average Bonchev–Trinajstić information content (AvgIpc) is 1.99. The van der Waals surface area contributed by atoms with E-state index in [1.165, 1.54) is 13.8 Å². The molecule has 0 aliphatic carbocycles. The Kier molecular flexibility index (Phi) is 5.53. The van der Waals surface area contributed by atoms with Gasteiger partial charge in [0.2, 0.25) is 0 Å². The minimum atomic E-state index is -4.51. The summed E-state index contributed by atoms with van der Waals surface area (Å²) < 4.78 is 51.8. The smallest absolute Gasteiger partial charge is 0.294 e. The van der Waals surface area contributed by atoms with Gasteiger partial charge in [-0.3, -0.25) is 13.2 Å². The molecular formula is C7H14O7S2. The molecule has 0 rings (SSSR count). The molecule has 0 saturated carbocycles. The summed E-state index contributed by atoms with van der Waals surface area (Å²) in [7, 11) is -9.03. The van der Waals surface area contributed by atoms with Crippen molar-refractivity contribution in [2.75, 3.05) is 13.2 Å². The Balaban J connectivity index is 5.44. The second-order valence-electron chi connectivity index (χ2n) is 2.74. The van der Waals surface area contributed by atoms with Gasteiger partial charge in [0.15, 0.2) is 5.78 Å². The van der Waals surface area contributed by atoms with Gasteiger partial charge in [-0.1, -0.05) is 0 Å². The lowest BCUT2D eigenvalue weighted by Crippen LogP contribution is -2.38. The van der Waals surface area contributed by atoms with E-state index >= 15 is 0 Å². The first-order valence-electron chi connectivity index (χ1n) is 4.46. The summed E-state index contributed by atoms with van der Waals surface area (Å²) in [5.41, 5.74) is 0. The van der Waals surface area contributed by atoms with E-state index in [-0.39, 0.29) is 13.2 Å². The van der Waals surface area contributed by atoms with Gasteiger partial charge in [0.1, 0.15) is 0 Å². The summed E-state index contributed by atoms with van der Waals surface area (Å²) in [6.07, 6.45) is 0. The van der Waals surface area contributed by atoms with Gasteiger partial charge in [-0.15, -0.1) is 0 Å². The highest BCUT2D eigenvalue weighted by Gasteiger charge is 2.43. The van der Waals surface area contributed by atoms with Crippen LogP contribution in [0.15, 0.2) is 0 Å². The van der Waals surface area contributed by atoms with E-state index < -0.39 is 30.6 Å². The van der Waals surface area contributed by atoms with E-state index in [4.69, 9.17) is 0 Å². The quantitative estimate of drug-likeness (QED) is 0.583. The Morgan fingerprint density at radius 3 is 1.50 bits per heavy atom. The van der Waals surface area contributed by atoms with Crippen LogP contribution < -0.4 is 0 Å². The first kappa shape index (κ1) is 15.5. The Morgan fingerprint density at radius 1 is 1.00 bits per heavy atom. The highest BCUT2D eigenvalue weighted by molar-refractivity contribution is 8.06. The van der Waals surface area contributed by atoms with Gasteiger partial charge >= 0.3 is 0 Å². The van der Waals surface area contributed by atoms with E-state index in [1.807, 2.05) is 0 Å². The zero-order valence-corrected chi connectivity index (χ0v) is 10.8. The maximum Gasteiger partial charge on any atom is 0.294 e. The maximum atomic E-state index is 11.4. The van der Waals surface area contributed by atoms with Crippen LogP contribution in [-0.4, -0.2) is 40.4 Å². The molecule has 9 heteroatoms. The van der Waals surface area contributed by atoms with E-state index in [9.17, 15) is 21.6 Å². The molecule has 0 heterocycles. The molecule has 96 valence electrons. The van der Waals surface area contributed by atoms with Gasteiger partial charge in [-0.05, 0) is 20.8 Å². The number of Topliss-reactive ketones (excluding diaryl/α,β-unsaturated/α-hetero) is 1. The van der Waals surface area contributed by atoms with E-state index in [2.05, 4.69) is 8.37 Å². The normalized spacial score (nSPS) is 13.0. The third-order valence-corrected chi connectivity index (χ3v) is 5.68. The summed E-state index contributed by atoms with van der Waals surface area (Å²) in [5, 5.41) is 0. The Morgan fingerprint density at radius 2 is 1.31 bits per heavy atom. The standard InChI is InChI=1S/C7H14O7S2/c1-4-13-15(9,10)7(6(3)8)16(11,12)14-5-2/h7H,4-5H2,1-3H3. The molecule has 0 aromatic carbocycles. The molecular weight excluding hydrogens is 260 g/mol. The average molecular weight is 274 g/mol. The van der Waals surface area contributed by atoms with Crippen LogP contribution >= 0.6 is 0 Å². The molecule has 0 aromatic heterocycles. The van der Waals surface area contributed by atoms with Gasteiger partial charge in [0.25, 0.3) is 24.8 Å². The van der Waals surface area contributed by atoms with Crippen molar-refractivity contribution in [3.8, 4) is 0 Å². The second kappa shape index (κ2) is 5.71. The van der Waals surface area contributed by atoms with Crippen molar-refractivity contribution in [3.05, 3.63) is 0 Å². The number of carbonyl (C=O) groups excluding carboxylic acids is 1. The molecule has 0 atom stereocenters. The van der Waals surface area contributed by atoms with Gasteiger partial charge in [0.05, 0.1) is 13.2 Å². The fourth-order valence-corrected chi connectivity index (χ4v) is 4.21. The van der Waals surface area contributed by atoms with Crippen LogP contribution in [0.25, 0.3) is 0 Å². The molecule has 0 spiro atoms. The van der Waals surface area contributed by atoms with Crippen molar-refractivity contribution in [3.63, 3.8) is 0 Å². The van der Waals surface area contributed by atoms with Gasteiger partial charge in [-0.25, -0.2) is 0 Å². The Bertz CT molecular complexity index is 397. The lowest BCUT2D eigenvalue weighted by atomic mass is 10.5. The molecule has 0 bridgehead atoms. The molecule has 0 radical (unpaired) electrons. The minimum Gasteiger partial charge on any atom is -0.297 e. The monoisotopic (exact) mass is 274 g/mol. The highest BCUT2D eigenvalue weighted by atomic mass is 32.3. The van der Waals surface area contributed by atoms with Crippen LogP contribution in [0.3, 0.4) is 0 Å². The Hall–Kier alpha value is -0.510. The van der Waals surface area contributed by atoms with E-state index in [0.29, 0.717) is 0 Å². The minimum absolute atomic E-state index is 0.256. The van der Waals surface area contributed by atoms with Crippen molar-refractivity contribution in [1.82, 2.24) is 0 Å². The second-order valence-corrected chi connectivity index (χ2v) is 6.43. The van der Waals surface area contributed by atoms with Gasteiger partial charge in [0, 0.05) is 0 Å². The summed E-state index contributed by atoms with van der Waals surface area (Å²) >= 11 is 0. The van der Waals surface area contributed by atoms with Crippen molar-refractivity contribution in [2.24, 2.45) is 0 Å². The number of hydrogen-bond donors (Lipinski definition) is 0. The largest absolute Gasteiger partial charge is 0.297 e. The fraction of sp³-hybridized carbons (Fsp3) is 0.857. The summed E-state index contributed by atoms with van der Waals surface area (Å²) in [6, 6.07) is 0. The van der Waals surface area contributed by atoms with Crippen molar-refractivity contribution in [1.29, 1.82) is 0 Å². The van der Waals surface area contributed by atoms with Crippen LogP contribution in [0, 0.1) is 0 Å². The predicted molar refractivity (Wildman–Crippen MR) is 55.6 cm³/mol. The van der Waals surface area contributed by atoms with E-state index in [1.54, 1.807) is 0 Å². The lowest BCUT2D eigenvalue weighted by molar-refractivity contribution is -0.115. The predicted octanol–water partition coefficient (Wildman–Crippen LogP) is -0.366. The summed E-state index contributed by atoms with van der Waals surface area (Å²) in [4.78, 5) is 11.1. The van der Waals surface area contributed by atoms with Crippen LogP contribution in [0.4, 0.5) is 0 Å². The van der Waals surface area contributed by atoms with Gasteiger partial charge < -0.3 is 0 Å². The molecule has 0 aliphatic rings. The molecule has 0 aromatic rings. The van der Waals surface area contributed by atoms with Gasteiger partial charge in [-0.2, -0.15) is 16.8 Å². The number of ketones is 1. The highest BCUT2D eigenvalue weighted by Crippen LogP contribution is 2.15.